The molecule has 0 aromatic heterocycles. The molecule has 4 nitrogen and oxygen atoms in total. The molecule has 2 rings (SSSR count). The minimum absolute atomic E-state index is 0.103. The Kier molecular flexibility index (Phi) is 4.53. The van der Waals surface area contributed by atoms with Gasteiger partial charge in [-0.05, 0) is 33.6 Å². The molecule has 2 N–H and O–H groups in total. The zero-order valence-electron chi connectivity index (χ0n) is 12.7. The van der Waals surface area contributed by atoms with Crippen LogP contribution in [0, 0.1) is 17.5 Å². The summed E-state index contributed by atoms with van der Waals surface area (Å²) in [4.78, 5) is 11.6. The van der Waals surface area contributed by atoms with E-state index in [1.54, 1.807) is 20.8 Å². The summed E-state index contributed by atoms with van der Waals surface area (Å²) in [5.41, 5.74) is -0.786. The first kappa shape index (κ1) is 16.5. The van der Waals surface area contributed by atoms with Gasteiger partial charge in [0.25, 0.3) is 0 Å². The summed E-state index contributed by atoms with van der Waals surface area (Å²) >= 11 is 0. The molecule has 0 heterocycles. The smallest absolute Gasteiger partial charge is 0.407 e. The van der Waals surface area contributed by atoms with Crippen molar-refractivity contribution >= 4 is 11.8 Å². The molecule has 0 saturated heterocycles. The van der Waals surface area contributed by atoms with Crippen LogP contribution in [0.5, 0.6) is 0 Å². The number of benzene rings is 1. The van der Waals surface area contributed by atoms with Crippen LogP contribution in [-0.4, -0.2) is 23.8 Å². The maximum absolute atomic E-state index is 13.5. The van der Waals surface area contributed by atoms with Crippen molar-refractivity contribution in [3.63, 3.8) is 0 Å². The molecule has 0 bridgehead atoms. The zero-order valence-corrected chi connectivity index (χ0v) is 12.7. The Morgan fingerprint density at radius 2 is 1.82 bits per heavy atom. The molecule has 0 aliphatic heterocycles. The minimum Gasteiger partial charge on any atom is -0.444 e. The maximum Gasteiger partial charge on any atom is 0.407 e. The molecule has 22 heavy (non-hydrogen) atoms. The van der Waals surface area contributed by atoms with Gasteiger partial charge in [-0.15, -0.1) is 0 Å². The number of ether oxygens (including phenoxy) is 1. The predicted octanol–water partition coefficient (Wildman–Crippen LogP) is 3.57. The van der Waals surface area contributed by atoms with Crippen molar-refractivity contribution in [2.45, 2.75) is 51.3 Å². The fraction of sp³-hybridized carbons (Fsp3) is 0.533. The van der Waals surface area contributed by atoms with E-state index < -0.39 is 29.1 Å². The molecule has 1 aromatic rings. The average molecular weight is 316 g/mol. The number of anilines is 1. The summed E-state index contributed by atoms with van der Waals surface area (Å²) in [7, 11) is 0. The fourth-order valence-electron chi connectivity index (χ4n) is 2.21. The van der Waals surface area contributed by atoms with E-state index in [1.165, 1.54) is 0 Å². The largest absolute Gasteiger partial charge is 0.444 e. The van der Waals surface area contributed by atoms with Crippen molar-refractivity contribution in [1.82, 2.24) is 5.32 Å². The quantitative estimate of drug-likeness (QED) is 0.838. The Morgan fingerprint density at radius 1 is 1.18 bits per heavy atom. The Bertz CT molecular complexity index is 567. The SMILES string of the molecule is CC(C)(C)OC(=O)NC1CC(Nc2cc(F)cc(F)c2F)C1. The second kappa shape index (κ2) is 6.06. The summed E-state index contributed by atoms with van der Waals surface area (Å²) in [6, 6.07) is 1.14. The van der Waals surface area contributed by atoms with Gasteiger partial charge in [0.2, 0.25) is 0 Å². The van der Waals surface area contributed by atoms with Crippen LogP contribution in [0.2, 0.25) is 0 Å². The molecule has 1 fully saturated rings. The van der Waals surface area contributed by atoms with E-state index in [0.717, 1.165) is 6.07 Å². The monoisotopic (exact) mass is 316 g/mol. The fourth-order valence-corrected chi connectivity index (χ4v) is 2.21. The molecule has 1 aliphatic carbocycles. The van der Waals surface area contributed by atoms with Crippen molar-refractivity contribution in [1.29, 1.82) is 0 Å². The molecule has 7 heteroatoms. The topological polar surface area (TPSA) is 50.4 Å². The molecule has 122 valence electrons. The minimum atomic E-state index is -1.23. The van der Waals surface area contributed by atoms with Crippen LogP contribution >= 0.6 is 0 Å². The summed E-state index contributed by atoms with van der Waals surface area (Å²) in [6.07, 6.45) is 0.534. The molecule has 0 atom stereocenters. The van der Waals surface area contributed by atoms with E-state index in [-0.39, 0.29) is 17.8 Å². The predicted molar refractivity (Wildman–Crippen MR) is 76.1 cm³/mol. The van der Waals surface area contributed by atoms with E-state index in [2.05, 4.69) is 10.6 Å². The lowest BCUT2D eigenvalue weighted by molar-refractivity contribution is 0.0475. The Morgan fingerprint density at radius 3 is 2.41 bits per heavy atom. The second-order valence-corrected chi connectivity index (χ2v) is 6.40. The van der Waals surface area contributed by atoms with Gasteiger partial charge in [0, 0.05) is 24.2 Å². The number of carbonyl (C=O) groups is 1. The lowest BCUT2D eigenvalue weighted by atomic mass is 9.86. The Labute approximate surface area is 127 Å². The maximum atomic E-state index is 13.5. The van der Waals surface area contributed by atoms with Crippen molar-refractivity contribution in [3.05, 3.63) is 29.6 Å². The van der Waals surface area contributed by atoms with Crippen LogP contribution in [0.15, 0.2) is 12.1 Å². The first-order chi connectivity index (χ1) is 10.1. The Balaban J connectivity index is 1.82. The van der Waals surface area contributed by atoms with Gasteiger partial charge in [-0.2, -0.15) is 0 Å². The van der Waals surface area contributed by atoms with Crippen molar-refractivity contribution in [3.8, 4) is 0 Å². The number of amides is 1. The number of carbonyl (C=O) groups excluding carboxylic acids is 1. The van der Waals surface area contributed by atoms with Crippen molar-refractivity contribution < 1.29 is 22.7 Å². The summed E-state index contributed by atoms with van der Waals surface area (Å²) < 4.78 is 44.8. The number of rotatable bonds is 3. The van der Waals surface area contributed by atoms with Gasteiger partial charge in [-0.3, -0.25) is 0 Å². The van der Waals surface area contributed by atoms with Gasteiger partial charge in [0.15, 0.2) is 11.6 Å². The molecule has 0 radical (unpaired) electrons. The number of hydrogen-bond donors (Lipinski definition) is 2. The molecule has 1 aromatic carbocycles. The number of alkyl carbamates (subject to hydrolysis) is 1. The average Bonchev–Trinajstić information content (AvgIpc) is 2.30. The first-order valence-electron chi connectivity index (χ1n) is 7.04. The molecular weight excluding hydrogens is 297 g/mol. The molecule has 1 amide bonds. The highest BCUT2D eigenvalue weighted by Crippen LogP contribution is 2.27. The molecule has 1 saturated carbocycles. The lowest BCUT2D eigenvalue weighted by Crippen LogP contribution is -2.50. The van der Waals surface area contributed by atoms with E-state index in [4.69, 9.17) is 4.74 Å². The van der Waals surface area contributed by atoms with Gasteiger partial charge in [-0.25, -0.2) is 18.0 Å². The van der Waals surface area contributed by atoms with Gasteiger partial charge >= 0.3 is 6.09 Å². The van der Waals surface area contributed by atoms with Crippen LogP contribution < -0.4 is 10.6 Å². The summed E-state index contributed by atoms with van der Waals surface area (Å²) in [5, 5.41) is 5.42. The normalized spacial score (nSPS) is 21.0. The van der Waals surface area contributed by atoms with Crippen LogP contribution in [0.4, 0.5) is 23.7 Å². The summed E-state index contributed by atoms with van der Waals surface area (Å²) in [6.45, 7) is 5.29. The van der Waals surface area contributed by atoms with Gasteiger partial charge in [0.1, 0.15) is 11.4 Å². The standard InChI is InChI=1S/C15H19F3N2O2/c1-15(2,3)22-14(21)20-10-6-9(7-10)19-12-5-8(16)4-11(17)13(12)18/h4-5,9-10,19H,6-7H2,1-3H3,(H,20,21). The number of hydrogen-bond acceptors (Lipinski definition) is 3. The number of halogens is 3. The molecule has 1 aliphatic rings. The Hall–Kier alpha value is -1.92. The molecule has 0 unspecified atom stereocenters. The number of nitrogens with one attached hydrogen (secondary N) is 2. The highest BCUT2D eigenvalue weighted by Gasteiger charge is 2.32. The third-order valence-electron chi connectivity index (χ3n) is 3.21. The van der Waals surface area contributed by atoms with Gasteiger partial charge in [0.05, 0.1) is 5.69 Å². The van der Waals surface area contributed by atoms with Crippen LogP contribution in [0.1, 0.15) is 33.6 Å². The third kappa shape index (κ3) is 4.29. The third-order valence-corrected chi connectivity index (χ3v) is 3.21. The van der Waals surface area contributed by atoms with Crippen LogP contribution in [0.3, 0.4) is 0 Å². The van der Waals surface area contributed by atoms with Crippen molar-refractivity contribution in [2.24, 2.45) is 0 Å². The highest BCUT2D eigenvalue weighted by molar-refractivity contribution is 5.68. The van der Waals surface area contributed by atoms with E-state index >= 15 is 0 Å². The van der Waals surface area contributed by atoms with E-state index in [0.29, 0.717) is 18.9 Å². The molecule has 0 spiro atoms. The molecular formula is C15H19F3N2O2. The van der Waals surface area contributed by atoms with Gasteiger partial charge in [-0.1, -0.05) is 0 Å². The van der Waals surface area contributed by atoms with Crippen LogP contribution in [-0.2, 0) is 4.74 Å². The van der Waals surface area contributed by atoms with Crippen LogP contribution in [0.25, 0.3) is 0 Å². The highest BCUT2D eigenvalue weighted by atomic mass is 19.2. The van der Waals surface area contributed by atoms with Gasteiger partial charge < -0.3 is 15.4 Å². The zero-order chi connectivity index (χ0) is 16.5. The first-order valence-corrected chi connectivity index (χ1v) is 7.04. The summed E-state index contributed by atoms with van der Waals surface area (Å²) in [5.74, 6) is -3.18. The second-order valence-electron chi connectivity index (χ2n) is 6.40. The lowest BCUT2D eigenvalue weighted by Gasteiger charge is -2.37. The van der Waals surface area contributed by atoms with Crippen molar-refractivity contribution in [2.75, 3.05) is 5.32 Å². The van der Waals surface area contributed by atoms with E-state index in [1.807, 2.05) is 0 Å². The van der Waals surface area contributed by atoms with E-state index in [9.17, 15) is 18.0 Å².